The second-order valence-corrected chi connectivity index (χ2v) is 5.41. The molecule has 1 aliphatic heterocycles. The van der Waals surface area contributed by atoms with E-state index in [9.17, 15) is 0 Å². The number of hydrogen-bond donors (Lipinski definition) is 1. The fraction of sp³-hybridized carbons (Fsp3) is 0.688. The summed E-state index contributed by atoms with van der Waals surface area (Å²) in [5, 5.41) is 3.27. The van der Waals surface area contributed by atoms with Gasteiger partial charge in [-0.25, -0.2) is 0 Å². The first-order valence-electron chi connectivity index (χ1n) is 7.88. The third-order valence-electron chi connectivity index (χ3n) is 3.67. The Bertz CT molecular complexity index is 378. The second-order valence-electron chi connectivity index (χ2n) is 5.41. The number of pyridine rings is 1. The summed E-state index contributed by atoms with van der Waals surface area (Å²) < 4.78 is 10.7. The minimum Gasteiger partial charge on any atom is -0.492 e. The first-order chi connectivity index (χ1) is 10.4. The van der Waals surface area contributed by atoms with E-state index in [0.29, 0.717) is 0 Å². The van der Waals surface area contributed by atoms with Gasteiger partial charge < -0.3 is 19.7 Å². The second kappa shape index (κ2) is 9.71. The van der Waals surface area contributed by atoms with Crippen molar-refractivity contribution in [3.8, 4) is 5.75 Å². The zero-order valence-corrected chi connectivity index (χ0v) is 13.0. The minimum absolute atomic E-state index is 0.720. The normalized spacial score (nSPS) is 15.5. The van der Waals surface area contributed by atoms with Crippen LogP contribution in [-0.2, 0) is 11.3 Å². The molecule has 118 valence electrons. The van der Waals surface area contributed by atoms with E-state index in [0.717, 1.165) is 50.7 Å². The molecule has 5 nitrogen and oxygen atoms in total. The lowest BCUT2D eigenvalue weighted by molar-refractivity contribution is 0.199. The summed E-state index contributed by atoms with van der Waals surface area (Å²) in [4.78, 5) is 6.90. The largest absolute Gasteiger partial charge is 0.492 e. The van der Waals surface area contributed by atoms with Crippen LogP contribution in [0.3, 0.4) is 0 Å². The van der Waals surface area contributed by atoms with Gasteiger partial charge in [-0.2, -0.15) is 0 Å². The van der Waals surface area contributed by atoms with Gasteiger partial charge in [0.15, 0.2) is 0 Å². The Labute approximate surface area is 127 Å². The summed E-state index contributed by atoms with van der Waals surface area (Å²) in [7, 11) is 1.70. The molecule has 0 unspecified atom stereocenters. The molecule has 2 rings (SSSR count). The quantitative estimate of drug-likeness (QED) is 0.665. The fourth-order valence-electron chi connectivity index (χ4n) is 2.48. The summed E-state index contributed by atoms with van der Waals surface area (Å²) >= 11 is 0. The molecule has 0 bridgehead atoms. The number of rotatable bonds is 10. The Balaban J connectivity index is 1.58. The van der Waals surface area contributed by atoms with E-state index < -0.39 is 0 Å². The van der Waals surface area contributed by atoms with Crippen LogP contribution in [0.4, 0.5) is 0 Å². The summed E-state index contributed by atoms with van der Waals surface area (Å²) in [6.45, 7) is 6.75. The average Bonchev–Trinajstić information content (AvgIpc) is 3.03. The van der Waals surface area contributed by atoms with Crippen molar-refractivity contribution in [1.29, 1.82) is 0 Å². The minimum atomic E-state index is 0.720. The number of nitrogens with one attached hydrogen (secondary N) is 1. The maximum Gasteiger partial charge on any atom is 0.137 e. The van der Waals surface area contributed by atoms with Crippen LogP contribution in [0, 0.1) is 0 Å². The Morgan fingerprint density at radius 2 is 2.10 bits per heavy atom. The van der Waals surface area contributed by atoms with Gasteiger partial charge in [0.1, 0.15) is 5.75 Å². The van der Waals surface area contributed by atoms with Crippen molar-refractivity contribution in [1.82, 2.24) is 15.2 Å². The smallest absolute Gasteiger partial charge is 0.137 e. The summed E-state index contributed by atoms with van der Waals surface area (Å²) in [5.74, 6) is 0.858. The lowest BCUT2D eigenvalue weighted by atomic mass is 10.3. The van der Waals surface area contributed by atoms with E-state index in [1.54, 1.807) is 7.11 Å². The Kier molecular flexibility index (Phi) is 7.49. The standard InChI is InChI=1S/C16H27N3O2/c1-20-12-7-17-13-15-5-6-16(14-18-15)21-11-4-10-19-8-2-3-9-19/h5-6,14,17H,2-4,7-13H2,1H3. The number of methoxy groups -OCH3 is 1. The van der Waals surface area contributed by atoms with E-state index in [-0.39, 0.29) is 0 Å². The van der Waals surface area contributed by atoms with Crippen molar-refractivity contribution in [2.75, 3.05) is 46.5 Å². The zero-order chi connectivity index (χ0) is 14.8. The molecule has 0 atom stereocenters. The van der Waals surface area contributed by atoms with Gasteiger partial charge >= 0.3 is 0 Å². The number of ether oxygens (including phenoxy) is 2. The van der Waals surface area contributed by atoms with Crippen LogP contribution in [0.2, 0.25) is 0 Å². The number of nitrogens with zero attached hydrogens (tertiary/aromatic N) is 2. The molecule has 0 spiro atoms. The van der Waals surface area contributed by atoms with Gasteiger partial charge in [-0.05, 0) is 44.5 Å². The third kappa shape index (κ3) is 6.42. The van der Waals surface area contributed by atoms with Crippen molar-refractivity contribution in [3.05, 3.63) is 24.0 Å². The number of aromatic nitrogens is 1. The van der Waals surface area contributed by atoms with Gasteiger partial charge in [-0.15, -0.1) is 0 Å². The fourth-order valence-corrected chi connectivity index (χ4v) is 2.48. The van der Waals surface area contributed by atoms with E-state index >= 15 is 0 Å². The van der Waals surface area contributed by atoms with Crippen LogP contribution in [-0.4, -0.2) is 56.4 Å². The SMILES string of the molecule is COCCNCc1ccc(OCCCN2CCCC2)cn1. The van der Waals surface area contributed by atoms with E-state index in [2.05, 4.69) is 15.2 Å². The van der Waals surface area contributed by atoms with Crippen LogP contribution in [0.5, 0.6) is 5.75 Å². The van der Waals surface area contributed by atoms with E-state index in [4.69, 9.17) is 9.47 Å². The molecular weight excluding hydrogens is 266 g/mol. The molecule has 1 aromatic rings. The van der Waals surface area contributed by atoms with Crippen LogP contribution in [0.15, 0.2) is 18.3 Å². The van der Waals surface area contributed by atoms with Crippen LogP contribution >= 0.6 is 0 Å². The van der Waals surface area contributed by atoms with Crippen LogP contribution < -0.4 is 10.1 Å². The van der Waals surface area contributed by atoms with Crippen molar-refractivity contribution >= 4 is 0 Å². The molecule has 2 heterocycles. The highest BCUT2D eigenvalue weighted by Gasteiger charge is 2.10. The predicted octanol–water partition coefficient (Wildman–Crippen LogP) is 1.68. The van der Waals surface area contributed by atoms with E-state index in [1.165, 1.54) is 25.9 Å². The van der Waals surface area contributed by atoms with Crippen molar-refractivity contribution in [2.24, 2.45) is 0 Å². The highest BCUT2D eigenvalue weighted by atomic mass is 16.5. The predicted molar refractivity (Wildman–Crippen MR) is 83.6 cm³/mol. The number of hydrogen-bond acceptors (Lipinski definition) is 5. The van der Waals surface area contributed by atoms with Gasteiger partial charge in [-0.3, -0.25) is 4.98 Å². The Hall–Kier alpha value is -1.17. The maximum atomic E-state index is 5.73. The molecule has 0 aliphatic carbocycles. The lowest BCUT2D eigenvalue weighted by Gasteiger charge is -2.14. The highest BCUT2D eigenvalue weighted by molar-refractivity contribution is 5.19. The monoisotopic (exact) mass is 293 g/mol. The summed E-state index contributed by atoms with van der Waals surface area (Å²) in [5.41, 5.74) is 1.02. The van der Waals surface area contributed by atoms with Crippen molar-refractivity contribution < 1.29 is 9.47 Å². The molecule has 0 amide bonds. The molecule has 21 heavy (non-hydrogen) atoms. The van der Waals surface area contributed by atoms with Gasteiger partial charge in [0.25, 0.3) is 0 Å². The third-order valence-corrected chi connectivity index (χ3v) is 3.67. The van der Waals surface area contributed by atoms with Gasteiger partial charge in [-0.1, -0.05) is 0 Å². The Morgan fingerprint density at radius 3 is 2.81 bits per heavy atom. The molecule has 1 fully saturated rings. The van der Waals surface area contributed by atoms with E-state index in [1.807, 2.05) is 18.3 Å². The van der Waals surface area contributed by atoms with Gasteiger partial charge in [0.2, 0.25) is 0 Å². The van der Waals surface area contributed by atoms with Gasteiger partial charge in [0.05, 0.1) is 25.1 Å². The maximum absolute atomic E-state index is 5.73. The first kappa shape index (κ1) is 16.2. The average molecular weight is 293 g/mol. The molecule has 0 radical (unpaired) electrons. The Morgan fingerprint density at radius 1 is 1.24 bits per heavy atom. The van der Waals surface area contributed by atoms with Crippen LogP contribution in [0.1, 0.15) is 25.0 Å². The highest BCUT2D eigenvalue weighted by Crippen LogP contribution is 2.11. The molecule has 1 saturated heterocycles. The van der Waals surface area contributed by atoms with Crippen LogP contribution in [0.25, 0.3) is 0 Å². The molecule has 1 aromatic heterocycles. The summed E-state index contributed by atoms with van der Waals surface area (Å²) in [6, 6.07) is 4.01. The van der Waals surface area contributed by atoms with Crippen molar-refractivity contribution in [3.63, 3.8) is 0 Å². The summed E-state index contributed by atoms with van der Waals surface area (Å²) in [6.07, 6.45) is 5.60. The number of likely N-dealkylation sites (tertiary alicyclic amines) is 1. The zero-order valence-electron chi connectivity index (χ0n) is 13.0. The molecule has 5 heteroatoms. The topological polar surface area (TPSA) is 46.6 Å². The lowest BCUT2D eigenvalue weighted by Crippen LogP contribution is -2.22. The molecule has 1 aliphatic rings. The molecule has 0 saturated carbocycles. The molecular formula is C16H27N3O2. The first-order valence-corrected chi connectivity index (χ1v) is 7.88. The van der Waals surface area contributed by atoms with Crippen molar-refractivity contribution in [2.45, 2.75) is 25.8 Å². The van der Waals surface area contributed by atoms with Gasteiger partial charge in [0, 0.05) is 26.7 Å². The molecule has 1 N–H and O–H groups in total. The molecule has 0 aromatic carbocycles.